The number of aryl methyl sites for hydroxylation is 1. The van der Waals surface area contributed by atoms with Crippen molar-refractivity contribution < 1.29 is 0 Å². The maximum absolute atomic E-state index is 5.99. The fourth-order valence-corrected chi connectivity index (χ4v) is 2.61. The predicted octanol–water partition coefficient (Wildman–Crippen LogP) is 3.57. The van der Waals surface area contributed by atoms with Crippen LogP contribution in [0.25, 0.3) is 10.9 Å². The maximum Gasteiger partial charge on any atom is 0.0456 e. The number of aromatic amines is 1. The molecule has 0 bridgehead atoms. The lowest BCUT2D eigenvalue weighted by Crippen LogP contribution is -2.14. The molecule has 0 aliphatic rings. The molecule has 0 amide bonds. The largest absolute Gasteiger partial charge is 0.358 e. The molecule has 0 saturated carbocycles. The Bertz CT molecular complexity index is 664. The van der Waals surface area contributed by atoms with Crippen LogP contribution in [0.3, 0.4) is 0 Å². The zero-order valence-electron chi connectivity index (χ0n) is 11.1. The number of hydrogen-bond donors (Lipinski definition) is 2. The highest BCUT2D eigenvalue weighted by Crippen LogP contribution is 2.26. The van der Waals surface area contributed by atoms with Gasteiger partial charge < -0.3 is 10.7 Å². The molecule has 0 spiro atoms. The number of para-hydroxylation sites is 1. The van der Waals surface area contributed by atoms with Gasteiger partial charge >= 0.3 is 0 Å². The lowest BCUT2D eigenvalue weighted by Gasteiger charge is -2.14. The molecule has 1 aromatic heterocycles. The minimum absolute atomic E-state index is 0.229. The molecular formula is C17H18N2. The van der Waals surface area contributed by atoms with Crippen LogP contribution in [0.15, 0.2) is 54.6 Å². The summed E-state index contributed by atoms with van der Waals surface area (Å²) in [5.41, 5.74) is 10.9. The van der Waals surface area contributed by atoms with Crippen molar-refractivity contribution in [1.29, 1.82) is 0 Å². The molecule has 19 heavy (non-hydrogen) atoms. The quantitative estimate of drug-likeness (QED) is 0.733. The van der Waals surface area contributed by atoms with Crippen molar-refractivity contribution in [3.63, 3.8) is 0 Å². The Morgan fingerprint density at radius 1 is 1.05 bits per heavy atom. The smallest absolute Gasteiger partial charge is 0.0456 e. The average molecular weight is 250 g/mol. The van der Waals surface area contributed by atoms with Gasteiger partial charge in [0.15, 0.2) is 0 Å². The van der Waals surface area contributed by atoms with Gasteiger partial charge in [0, 0.05) is 23.7 Å². The summed E-state index contributed by atoms with van der Waals surface area (Å²) >= 11 is 0. The third-order valence-corrected chi connectivity index (χ3v) is 3.61. The zero-order valence-corrected chi connectivity index (χ0v) is 11.1. The summed E-state index contributed by atoms with van der Waals surface area (Å²) in [5, 5.41) is 1.24. The molecule has 96 valence electrons. The van der Waals surface area contributed by atoms with Crippen molar-refractivity contribution in [3.8, 4) is 0 Å². The van der Waals surface area contributed by atoms with Gasteiger partial charge in [-0.25, -0.2) is 0 Å². The maximum atomic E-state index is 5.99. The van der Waals surface area contributed by atoms with Crippen molar-refractivity contribution in [3.05, 3.63) is 71.4 Å². The predicted molar refractivity (Wildman–Crippen MR) is 80.4 cm³/mol. The Balaban J connectivity index is 2.06. The topological polar surface area (TPSA) is 41.8 Å². The van der Waals surface area contributed by atoms with E-state index in [-0.39, 0.29) is 5.92 Å². The molecule has 2 nitrogen and oxygen atoms in total. The number of benzene rings is 2. The van der Waals surface area contributed by atoms with E-state index in [1.807, 2.05) is 6.07 Å². The normalized spacial score (nSPS) is 12.7. The monoisotopic (exact) mass is 250 g/mol. The SMILES string of the molecule is Cc1cccc(C(CN)c2cc3ccccc3[nH]2)c1. The van der Waals surface area contributed by atoms with Crippen molar-refractivity contribution in [2.45, 2.75) is 12.8 Å². The van der Waals surface area contributed by atoms with Gasteiger partial charge in [0.2, 0.25) is 0 Å². The fourth-order valence-electron chi connectivity index (χ4n) is 2.61. The van der Waals surface area contributed by atoms with Crippen LogP contribution in [0.4, 0.5) is 0 Å². The zero-order chi connectivity index (χ0) is 13.2. The molecule has 1 atom stereocenters. The third kappa shape index (κ3) is 2.27. The Hall–Kier alpha value is -2.06. The van der Waals surface area contributed by atoms with E-state index in [0.717, 1.165) is 0 Å². The van der Waals surface area contributed by atoms with Crippen LogP contribution >= 0.6 is 0 Å². The molecule has 1 unspecified atom stereocenters. The van der Waals surface area contributed by atoms with Crippen LogP contribution in [0, 0.1) is 6.92 Å². The first-order valence-corrected chi connectivity index (χ1v) is 6.62. The van der Waals surface area contributed by atoms with Crippen LogP contribution in [-0.2, 0) is 0 Å². The van der Waals surface area contributed by atoms with Gasteiger partial charge in [-0.3, -0.25) is 0 Å². The molecular weight excluding hydrogens is 232 g/mol. The summed E-state index contributed by atoms with van der Waals surface area (Å²) in [6, 6.07) is 19.1. The fraction of sp³-hybridized carbons (Fsp3) is 0.176. The Morgan fingerprint density at radius 3 is 2.63 bits per heavy atom. The molecule has 2 heteroatoms. The molecule has 0 aliphatic heterocycles. The molecule has 2 aromatic carbocycles. The Kier molecular flexibility index (Phi) is 3.10. The van der Waals surface area contributed by atoms with Crippen molar-refractivity contribution in [2.24, 2.45) is 5.73 Å². The van der Waals surface area contributed by atoms with Gasteiger partial charge in [-0.2, -0.15) is 0 Å². The van der Waals surface area contributed by atoms with E-state index in [0.29, 0.717) is 6.54 Å². The van der Waals surface area contributed by atoms with Gasteiger partial charge in [-0.05, 0) is 30.0 Å². The van der Waals surface area contributed by atoms with E-state index < -0.39 is 0 Å². The van der Waals surface area contributed by atoms with Gasteiger partial charge in [0.1, 0.15) is 0 Å². The van der Waals surface area contributed by atoms with Crippen LogP contribution in [0.5, 0.6) is 0 Å². The van der Waals surface area contributed by atoms with E-state index >= 15 is 0 Å². The summed E-state index contributed by atoms with van der Waals surface area (Å²) in [7, 11) is 0. The van der Waals surface area contributed by atoms with E-state index in [1.165, 1.54) is 27.7 Å². The summed E-state index contributed by atoms with van der Waals surface area (Å²) in [6.45, 7) is 2.72. The van der Waals surface area contributed by atoms with E-state index in [2.05, 4.69) is 60.4 Å². The lowest BCUT2D eigenvalue weighted by molar-refractivity contribution is 0.796. The van der Waals surface area contributed by atoms with Crippen LogP contribution in [-0.4, -0.2) is 11.5 Å². The third-order valence-electron chi connectivity index (χ3n) is 3.61. The molecule has 3 rings (SSSR count). The molecule has 1 heterocycles. The second-order valence-corrected chi connectivity index (χ2v) is 5.01. The van der Waals surface area contributed by atoms with Gasteiger partial charge in [0.05, 0.1) is 0 Å². The van der Waals surface area contributed by atoms with Crippen LogP contribution in [0.2, 0.25) is 0 Å². The Labute approximate surface area is 113 Å². The number of nitrogens with one attached hydrogen (secondary N) is 1. The summed E-state index contributed by atoms with van der Waals surface area (Å²) in [6.07, 6.45) is 0. The molecule has 0 fully saturated rings. The lowest BCUT2D eigenvalue weighted by atomic mass is 9.94. The number of nitrogens with two attached hydrogens (primary N) is 1. The van der Waals surface area contributed by atoms with Gasteiger partial charge in [0.25, 0.3) is 0 Å². The second kappa shape index (κ2) is 4.90. The number of hydrogen-bond acceptors (Lipinski definition) is 1. The molecule has 0 aliphatic carbocycles. The van der Waals surface area contributed by atoms with Crippen molar-refractivity contribution in [1.82, 2.24) is 4.98 Å². The summed E-state index contributed by atoms with van der Waals surface area (Å²) in [4.78, 5) is 3.48. The highest BCUT2D eigenvalue weighted by molar-refractivity contribution is 5.80. The molecule has 3 aromatic rings. The number of H-pyrrole nitrogens is 1. The number of aromatic nitrogens is 1. The highest BCUT2D eigenvalue weighted by Gasteiger charge is 2.14. The average Bonchev–Trinajstić information content (AvgIpc) is 2.83. The first-order chi connectivity index (χ1) is 9.28. The molecule has 0 saturated heterocycles. The van der Waals surface area contributed by atoms with Crippen LogP contribution in [0.1, 0.15) is 22.7 Å². The summed E-state index contributed by atoms with van der Waals surface area (Å²) in [5.74, 6) is 0.229. The Morgan fingerprint density at radius 2 is 1.89 bits per heavy atom. The van der Waals surface area contributed by atoms with E-state index in [9.17, 15) is 0 Å². The van der Waals surface area contributed by atoms with Crippen molar-refractivity contribution >= 4 is 10.9 Å². The number of rotatable bonds is 3. The standard InChI is InChI=1S/C17H18N2/c1-12-5-4-7-13(9-12)15(11-18)17-10-14-6-2-3-8-16(14)19-17/h2-10,15,19H,11,18H2,1H3. The highest BCUT2D eigenvalue weighted by atomic mass is 14.7. The second-order valence-electron chi connectivity index (χ2n) is 5.01. The molecule has 3 N–H and O–H groups in total. The van der Waals surface area contributed by atoms with Gasteiger partial charge in [-0.1, -0.05) is 48.0 Å². The first kappa shape index (κ1) is 12.0. The minimum atomic E-state index is 0.229. The van der Waals surface area contributed by atoms with Crippen molar-refractivity contribution in [2.75, 3.05) is 6.54 Å². The van der Waals surface area contributed by atoms with E-state index in [4.69, 9.17) is 5.73 Å². The minimum Gasteiger partial charge on any atom is -0.358 e. The first-order valence-electron chi connectivity index (χ1n) is 6.62. The summed E-state index contributed by atoms with van der Waals surface area (Å²) < 4.78 is 0. The molecule has 0 radical (unpaired) electrons. The van der Waals surface area contributed by atoms with Gasteiger partial charge in [-0.15, -0.1) is 0 Å². The van der Waals surface area contributed by atoms with E-state index in [1.54, 1.807) is 0 Å². The number of fused-ring (bicyclic) bond motifs is 1. The van der Waals surface area contributed by atoms with Crippen LogP contribution < -0.4 is 5.73 Å².